The van der Waals surface area contributed by atoms with E-state index >= 15 is 0 Å². The Bertz CT molecular complexity index is 761. The Kier molecular flexibility index (Phi) is 4.96. The van der Waals surface area contributed by atoms with Gasteiger partial charge in [0.05, 0.1) is 12.1 Å². The van der Waals surface area contributed by atoms with Gasteiger partial charge < -0.3 is 20.3 Å². The van der Waals surface area contributed by atoms with Crippen molar-refractivity contribution in [3.8, 4) is 0 Å². The lowest BCUT2D eigenvalue weighted by Crippen LogP contribution is -2.59. The Balaban J connectivity index is 1.87. The van der Waals surface area contributed by atoms with Crippen LogP contribution in [0, 0.1) is 5.92 Å². The topological polar surface area (TPSA) is 120 Å². The molecule has 0 spiro atoms. The molecule has 8 nitrogen and oxygen atoms in total. The average Bonchev–Trinajstić information content (AvgIpc) is 2.60. The number of alkyl halides is 2. The molecule has 1 fully saturated rings. The molecule has 1 saturated carbocycles. The normalized spacial score (nSPS) is 24.2. The zero-order valence-corrected chi connectivity index (χ0v) is 14.3. The zero-order valence-electron chi connectivity index (χ0n) is 14.3. The SMILES string of the molecule is O=CCN1C(=O)C(C(=O)NC2CCC(F)(F)CC2)C(O)(O)c2cccnc21. The molecule has 1 unspecified atom stereocenters. The molecule has 2 heterocycles. The van der Waals surface area contributed by atoms with Crippen LogP contribution >= 0.6 is 0 Å². The number of carbonyl (C=O) groups excluding carboxylic acids is 3. The molecule has 1 atom stereocenters. The summed E-state index contributed by atoms with van der Waals surface area (Å²) < 4.78 is 26.5. The van der Waals surface area contributed by atoms with E-state index in [1.165, 1.54) is 18.3 Å². The van der Waals surface area contributed by atoms with Gasteiger partial charge >= 0.3 is 0 Å². The second-order valence-electron chi connectivity index (χ2n) is 6.79. The fourth-order valence-corrected chi connectivity index (χ4v) is 3.50. The van der Waals surface area contributed by atoms with Crippen LogP contribution in [0.1, 0.15) is 31.2 Å². The molecule has 0 aromatic carbocycles. The number of pyridine rings is 1. The van der Waals surface area contributed by atoms with Gasteiger partial charge in [0.15, 0.2) is 5.92 Å². The molecule has 1 aliphatic carbocycles. The molecular weight excluding hydrogens is 364 g/mol. The van der Waals surface area contributed by atoms with Crippen molar-refractivity contribution in [1.82, 2.24) is 10.3 Å². The van der Waals surface area contributed by atoms with E-state index in [9.17, 15) is 33.4 Å². The van der Waals surface area contributed by atoms with Gasteiger partial charge in [-0.2, -0.15) is 0 Å². The maximum Gasteiger partial charge on any atom is 0.248 e. The molecule has 27 heavy (non-hydrogen) atoms. The third-order valence-corrected chi connectivity index (χ3v) is 4.94. The number of nitrogens with zero attached hydrogens (tertiary/aromatic N) is 2. The van der Waals surface area contributed by atoms with Gasteiger partial charge in [0.1, 0.15) is 12.1 Å². The van der Waals surface area contributed by atoms with Crippen molar-refractivity contribution in [3.05, 3.63) is 23.9 Å². The largest absolute Gasteiger partial charge is 0.361 e. The number of fused-ring (bicyclic) bond motifs is 1. The van der Waals surface area contributed by atoms with Gasteiger partial charge in [-0.05, 0) is 25.0 Å². The molecule has 3 N–H and O–H groups in total. The monoisotopic (exact) mass is 383 g/mol. The van der Waals surface area contributed by atoms with Gasteiger partial charge in [0, 0.05) is 25.1 Å². The lowest BCUT2D eigenvalue weighted by molar-refractivity contribution is -0.212. The van der Waals surface area contributed by atoms with Crippen LogP contribution in [0.15, 0.2) is 18.3 Å². The quantitative estimate of drug-likeness (QED) is 0.385. The summed E-state index contributed by atoms with van der Waals surface area (Å²) in [7, 11) is 0. The smallest absolute Gasteiger partial charge is 0.248 e. The van der Waals surface area contributed by atoms with Gasteiger partial charge in [-0.3, -0.25) is 14.5 Å². The van der Waals surface area contributed by atoms with Crippen LogP contribution < -0.4 is 10.2 Å². The van der Waals surface area contributed by atoms with Crippen LogP contribution in [0.25, 0.3) is 0 Å². The van der Waals surface area contributed by atoms with Crippen LogP contribution in [0.5, 0.6) is 0 Å². The second-order valence-corrected chi connectivity index (χ2v) is 6.79. The van der Waals surface area contributed by atoms with Crippen molar-refractivity contribution in [2.75, 3.05) is 11.4 Å². The fraction of sp³-hybridized carbons (Fsp3) is 0.529. The molecule has 146 valence electrons. The first-order valence-electron chi connectivity index (χ1n) is 8.51. The molecule has 1 aromatic heterocycles. The predicted molar refractivity (Wildman–Crippen MR) is 87.6 cm³/mol. The maximum absolute atomic E-state index is 13.3. The van der Waals surface area contributed by atoms with Crippen molar-refractivity contribution >= 4 is 23.9 Å². The number of aliphatic hydroxyl groups is 2. The number of aldehydes is 1. The lowest BCUT2D eigenvalue weighted by atomic mass is 9.85. The zero-order chi connectivity index (χ0) is 19.8. The van der Waals surface area contributed by atoms with E-state index in [-0.39, 0.29) is 24.2 Å². The van der Waals surface area contributed by atoms with E-state index in [2.05, 4.69) is 10.3 Å². The Hall–Kier alpha value is -2.46. The molecule has 1 aromatic rings. The molecule has 10 heteroatoms. The van der Waals surface area contributed by atoms with Gasteiger partial charge in [0.2, 0.25) is 23.5 Å². The first-order chi connectivity index (χ1) is 12.7. The van der Waals surface area contributed by atoms with E-state index in [4.69, 9.17) is 0 Å². The van der Waals surface area contributed by atoms with Gasteiger partial charge in [0.25, 0.3) is 0 Å². The Morgan fingerprint density at radius 2 is 2.04 bits per heavy atom. The van der Waals surface area contributed by atoms with Crippen LogP contribution in [0.3, 0.4) is 0 Å². The summed E-state index contributed by atoms with van der Waals surface area (Å²) in [5.41, 5.74) is -0.193. The maximum atomic E-state index is 13.3. The minimum absolute atomic E-state index is 0.0136. The number of carbonyl (C=O) groups is 3. The summed E-state index contributed by atoms with van der Waals surface area (Å²) in [5, 5.41) is 23.5. The van der Waals surface area contributed by atoms with Crippen molar-refractivity contribution in [3.63, 3.8) is 0 Å². The summed E-state index contributed by atoms with van der Waals surface area (Å²) in [6.07, 6.45) is 0.965. The molecular formula is C17H19F2N3O5. The number of amides is 2. The van der Waals surface area contributed by atoms with Crippen molar-refractivity contribution in [1.29, 1.82) is 0 Å². The van der Waals surface area contributed by atoms with E-state index in [0.29, 0.717) is 6.29 Å². The highest BCUT2D eigenvalue weighted by Gasteiger charge is 2.54. The summed E-state index contributed by atoms with van der Waals surface area (Å²) in [6, 6.07) is 2.08. The molecule has 0 bridgehead atoms. The van der Waals surface area contributed by atoms with Crippen molar-refractivity contribution < 1.29 is 33.4 Å². The number of halogens is 2. The fourth-order valence-electron chi connectivity index (χ4n) is 3.50. The van der Waals surface area contributed by atoms with Gasteiger partial charge in [-0.25, -0.2) is 13.8 Å². The van der Waals surface area contributed by atoms with Crippen LogP contribution in [0.4, 0.5) is 14.6 Å². The number of nitrogens with one attached hydrogen (secondary N) is 1. The molecule has 1 aliphatic heterocycles. The Morgan fingerprint density at radius 1 is 1.37 bits per heavy atom. The van der Waals surface area contributed by atoms with Gasteiger partial charge in [-0.15, -0.1) is 0 Å². The predicted octanol–water partition coefficient (Wildman–Crippen LogP) is 0.0748. The second kappa shape index (κ2) is 6.93. The summed E-state index contributed by atoms with van der Waals surface area (Å²) >= 11 is 0. The van der Waals surface area contributed by atoms with E-state index in [0.717, 1.165) is 4.90 Å². The molecule has 2 aliphatic rings. The third-order valence-electron chi connectivity index (χ3n) is 4.94. The Labute approximate surface area is 153 Å². The van der Waals surface area contributed by atoms with E-state index < -0.39 is 54.9 Å². The molecule has 3 rings (SSSR count). The lowest BCUT2D eigenvalue weighted by Gasteiger charge is -2.40. The number of anilines is 1. The standard InChI is InChI=1S/C17H19F2N3O5/c18-16(19)5-3-10(4-6-16)21-14(24)12-15(25)22(8-9-23)13-11(17(12,26)27)2-1-7-20-13/h1-2,7,9-10,12,26-27H,3-6,8H2,(H,21,24). The van der Waals surface area contributed by atoms with E-state index in [1.54, 1.807) is 0 Å². The minimum Gasteiger partial charge on any atom is -0.361 e. The number of hydrogen-bond acceptors (Lipinski definition) is 6. The molecule has 0 radical (unpaired) electrons. The van der Waals surface area contributed by atoms with Crippen molar-refractivity contribution in [2.24, 2.45) is 5.92 Å². The van der Waals surface area contributed by atoms with Crippen LogP contribution in [-0.2, 0) is 20.2 Å². The Morgan fingerprint density at radius 3 is 2.67 bits per heavy atom. The molecule has 2 amide bonds. The first-order valence-corrected chi connectivity index (χ1v) is 8.51. The van der Waals surface area contributed by atoms with Crippen LogP contribution in [0.2, 0.25) is 0 Å². The average molecular weight is 383 g/mol. The van der Waals surface area contributed by atoms with Crippen molar-refractivity contribution in [2.45, 2.75) is 43.4 Å². The number of hydrogen-bond donors (Lipinski definition) is 3. The summed E-state index contributed by atoms with van der Waals surface area (Å²) in [5.74, 6) is -9.70. The number of rotatable bonds is 4. The first kappa shape index (κ1) is 19.3. The molecule has 0 saturated heterocycles. The summed E-state index contributed by atoms with van der Waals surface area (Å²) in [6.45, 7) is -0.418. The van der Waals surface area contributed by atoms with Crippen LogP contribution in [-0.4, -0.2) is 51.8 Å². The van der Waals surface area contributed by atoms with E-state index in [1.807, 2.05) is 0 Å². The third kappa shape index (κ3) is 3.54. The minimum atomic E-state index is -2.84. The summed E-state index contributed by atoms with van der Waals surface area (Å²) in [4.78, 5) is 41.1. The highest BCUT2D eigenvalue weighted by atomic mass is 19.3. The number of aromatic nitrogens is 1. The highest BCUT2D eigenvalue weighted by Crippen LogP contribution is 2.40. The highest BCUT2D eigenvalue weighted by molar-refractivity contribution is 6.11. The van der Waals surface area contributed by atoms with Gasteiger partial charge in [-0.1, -0.05) is 0 Å².